The lowest BCUT2D eigenvalue weighted by atomic mass is 10.5. The lowest BCUT2D eigenvalue weighted by Crippen LogP contribution is -1.97. The second-order valence-corrected chi connectivity index (χ2v) is 2.51. The number of nitrogen functional groups attached to an aromatic ring is 1. The predicted octanol–water partition coefficient (Wildman–Crippen LogP) is 0.965. The number of halogens is 1. The third-order valence-electron chi connectivity index (χ3n) is 1.43. The van der Waals surface area contributed by atoms with Gasteiger partial charge in [-0.05, 0) is 6.07 Å². The molecule has 0 atom stereocenters. The summed E-state index contributed by atoms with van der Waals surface area (Å²) >= 11 is 5.80. The van der Waals surface area contributed by atoms with E-state index in [1.165, 1.54) is 6.33 Å². The molecule has 2 rings (SSSR count). The summed E-state index contributed by atoms with van der Waals surface area (Å²) < 4.78 is 1.59. The molecule has 0 fully saturated rings. The Morgan fingerprint density at radius 2 is 2.36 bits per heavy atom. The van der Waals surface area contributed by atoms with Gasteiger partial charge in [-0.2, -0.15) is 5.10 Å². The number of hydrogen-bond donors (Lipinski definition) is 1. The first-order chi connectivity index (χ1) is 5.29. The average Bonchev–Trinajstić information content (AvgIpc) is 2.34. The van der Waals surface area contributed by atoms with Crippen LogP contribution in [0.4, 0.5) is 5.82 Å². The minimum atomic E-state index is 0.398. The van der Waals surface area contributed by atoms with E-state index >= 15 is 0 Å². The lowest BCUT2D eigenvalue weighted by Gasteiger charge is -1.95. The van der Waals surface area contributed by atoms with Crippen LogP contribution in [0.15, 0.2) is 18.6 Å². The molecule has 0 radical (unpaired) electrons. The van der Waals surface area contributed by atoms with Gasteiger partial charge in [0.2, 0.25) is 0 Å². The molecule has 2 aromatic heterocycles. The van der Waals surface area contributed by atoms with E-state index in [0.717, 1.165) is 0 Å². The van der Waals surface area contributed by atoms with Crippen molar-refractivity contribution in [1.82, 2.24) is 14.6 Å². The Hall–Kier alpha value is -1.29. The topological polar surface area (TPSA) is 56.2 Å². The fourth-order valence-corrected chi connectivity index (χ4v) is 1.18. The van der Waals surface area contributed by atoms with Gasteiger partial charge >= 0.3 is 0 Å². The van der Waals surface area contributed by atoms with Gasteiger partial charge in [-0.3, -0.25) is 0 Å². The zero-order valence-corrected chi connectivity index (χ0v) is 6.28. The number of rotatable bonds is 0. The standard InChI is InChI=1S/C6H5ClN4/c7-4-1-2-11-5(4)6(8)9-3-10-11/h1-3H,(H2,8,9,10). The van der Waals surface area contributed by atoms with E-state index in [0.29, 0.717) is 16.4 Å². The first-order valence-corrected chi connectivity index (χ1v) is 3.40. The summed E-state index contributed by atoms with van der Waals surface area (Å²) in [5.41, 5.74) is 6.21. The molecular weight excluding hydrogens is 164 g/mol. The summed E-state index contributed by atoms with van der Waals surface area (Å²) in [7, 11) is 0. The van der Waals surface area contributed by atoms with Gasteiger partial charge in [-0.15, -0.1) is 0 Å². The van der Waals surface area contributed by atoms with Gasteiger partial charge in [0.1, 0.15) is 11.8 Å². The molecule has 0 amide bonds. The summed E-state index contributed by atoms with van der Waals surface area (Å²) in [5, 5.41) is 4.48. The average molecular weight is 169 g/mol. The third-order valence-corrected chi connectivity index (χ3v) is 1.74. The van der Waals surface area contributed by atoms with Gasteiger partial charge < -0.3 is 5.73 Å². The fourth-order valence-electron chi connectivity index (χ4n) is 0.940. The van der Waals surface area contributed by atoms with Crippen LogP contribution in [-0.2, 0) is 0 Å². The fraction of sp³-hybridized carbons (Fsp3) is 0. The summed E-state index contributed by atoms with van der Waals surface area (Å²) in [6, 6.07) is 1.72. The number of anilines is 1. The molecule has 2 heterocycles. The second-order valence-electron chi connectivity index (χ2n) is 2.10. The summed E-state index contributed by atoms with van der Waals surface area (Å²) in [4.78, 5) is 3.80. The Balaban J connectivity index is 2.96. The van der Waals surface area contributed by atoms with Crippen LogP contribution in [-0.4, -0.2) is 14.6 Å². The van der Waals surface area contributed by atoms with Crippen molar-refractivity contribution in [3.63, 3.8) is 0 Å². The van der Waals surface area contributed by atoms with Crippen LogP contribution < -0.4 is 5.73 Å². The van der Waals surface area contributed by atoms with Gasteiger partial charge in [0.15, 0.2) is 5.82 Å². The van der Waals surface area contributed by atoms with Crippen LogP contribution in [0.25, 0.3) is 5.52 Å². The quantitative estimate of drug-likeness (QED) is 0.638. The summed E-state index contributed by atoms with van der Waals surface area (Å²) in [5.74, 6) is 0.398. The first-order valence-electron chi connectivity index (χ1n) is 3.02. The van der Waals surface area contributed by atoms with E-state index < -0.39 is 0 Å². The molecule has 0 saturated heterocycles. The molecule has 4 nitrogen and oxygen atoms in total. The highest BCUT2D eigenvalue weighted by Crippen LogP contribution is 2.20. The minimum absolute atomic E-state index is 0.398. The van der Waals surface area contributed by atoms with E-state index in [-0.39, 0.29) is 0 Å². The number of nitrogens with two attached hydrogens (primary N) is 1. The number of hydrogen-bond acceptors (Lipinski definition) is 3. The van der Waals surface area contributed by atoms with Crippen molar-refractivity contribution in [3.8, 4) is 0 Å². The van der Waals surface area contributed by atoms with Crippen molar-refractivity contribution < 1.29 is 0 Å². The highest BCUT2D eigenvalue weighted by Gasteiger charge is 2.03. The van der Waals surface area contributed by atoms with Crippen molar-refractivity contribution in [2.75, 3.05) is 5.73 Å². The summed E-state index contributed by atoms with van der Waals surface area (Å²) in [6.45, 7) is 0. The Morgan fingerprint density at radius 1 is 1.55 bits per heavy atom. The number of nitrogens with zero attached hydrogens (tertiary/aromatic N) is 3. The molecule has 0 aliphatic heterocycles. The molecule has 5 heteroatoms. The molecule has 0 saturated carbocycles. The van der Waals surface area contributed by atoms with E-state index in [1.54, 1.807) is 16.8 Å². The van der Waals surface area contributed by atoms with Crippen LogP contribution in [0.1, 0.15) is 0 Å². The van der Waals surface area contributed by atoms with Crippen LogP contribution in [0.5, 0.6) is 0 Å². The van der Waals surface area contributed by atoms with Crippen LogP contribution in [0.3, 0.4) is 0 Å². The van der Waals surface area contributed by atoms with Crippen molar-refractivity contribution in [2.24, 2.45) is 0 Å². The molecule has 0 aliphatic rings. The summed E-state index contributed by atoms with van der Waals surface area (Å²) in [6.07, 6.45) is 3.12. The predicted molar refractivity (Wildman–Crippen MR) is 42.4 cm³/mol. The lowest BCUT2D eigenvalue weighted by molar-refractivity contribution is 0.908. The number of fused-ring (bicyclic) bond motifs is 1. The van der Waals surface area contributed by atoms with Crippen molar-refractivity contribution in [2.45, 2.75) is 0 Å². The van der Waals surface area contributed by atoms with E-state index in [2.05, 4.69) is 10.1 Å². The smallest absolute Gasteiger partial charge is 0.152 e. The van der Waals surface area contributed by atoms with Gasteiger partial charge in [-0.1, -0.05) is 11.6 Å². The van der Waals surface area contributed by atoms with E-state index in [1.807, 2.05) is 0 Å². The normalized spacial score (nSPS) is 10.6. The SMILES string of the molecule is Nc1ncnn2ccc(Cl)c12. The molecule has 0 aliphatic carbocycles. The molecule has 0 aromatic carbocycles. The van der Waals surface area contributed by atoms with Gasteiger partial charge in [0.25, 0.3) is 0 Å². The Kier molecular flexibility index (Phi) is 1.22. The third kappa shape index (κ3) is 0.832. The molecule has 56 valence electrons. The Labute approximate surface area is 67.6 Å². The molecule has 0 bridgehead atoms. The first kappa shape index (κ1) is 6.42. The molecule has 2 N–H and O–H groups in total. The van der Waals surface area contributed by atoms with Crippen LogP contribution in [0.2, 0.25) is 5.02 Å². The zero-order valence-electron chi connectivity index (χ0n) is 5.53. The van der Waals surface area contributed by atoms with E-state index in [4.69, 9.17) is 17.3 Å². The zero-order chi connectivity index (χ0) is 7.84. The Bertz CT molecular complexity index is 394. The van der Waals surface area contributed by atoms with Crippen molar-refractivity contribution >= 4 is 22.9 Å². The van der Waals surface area contributed by atoms with Crippen molar-refractivity contribution in [1.29, 1.82) is 0 Å². The Morgan fingerprint density at radius 3 is 3.09 bits per heavy atom. The monoisotopic (exact) mass is 168 g/mol. The number of aromatic nitrogens is 3. The molecule has 0 spiro atoms. The largest absolute Gasteiger partial charge is 0.382 e. The second kappa shape index (κ2) is 2.10. The maximum atomic E-state index is 5.80. The minimum Gasteiger partial charge on any atom is -0.382 e. The molecule has 11 heavy (non-hydrogen) atoms. The molecule has 2 aromatic rings. The van der Waals surface area contributed by atoms with Gasteiger partial charge in [-0.25, -0.2) is 9.50 Å². The molecular formula is C6H5ClN4. The van der Waals surface area contributed by atoms with Crippen molar-refractivity contribution in [3.05, 3.63) is 23.6 Å². The van der Waals surface area contributed by atoms with Crippen LogP contribution >= 0.6 is 11.6 Å². The van der Waals surface area contributed by atoms with Gasteiger partial charge in [0.05, 0.1) is 5.02 Å². The highest BCUT2D eigenvalue weighted by molar-refractivity contribution is 6.34. The van der Waals surface area contributed by atoms with Gasteiger partial charge in [0, 0.05) is 6.20 Å². The van der Waals surface area contributed by atoms with Crippen LogP contribution in [0, 0.1) is 0 Å². The maximum Gasteiger partial charge on any atom is 0.152 e. The maximum absolute atomic E-state index is 5.80. The highest BCUT2D eigenvalue weighted by atomic mass is 35.5. The molecule has 0 unspecified atom stereocenters. The van der Waals surface area contributed by atoms with E-state index in [9.17, 15) is 0 Å².